The Balaban J connectivity index is 2.91. The molecule has 0 aromatic heterocycles. The topological polar surface area (TPSA) is 24.4 Å². The molecule has 0 bridgehead atoms. The third-order valence-corrected chi connectivity index (χ3v) is 3.28. The fourth-order valence-electron chi connectivity index (χ4n) is 1.33. The van der Waals surface area contributed by atoms with Crippen LogP contribution in [0.4, 0.5) is 0 Å². The molecular weight excluding hydrogens is 184 g/mol. The van der Waals surface area contributed by atoms with E-state index in [1.165, 1.54) is 0 Å². The monoisotopic (exact) mass is 200 g/mol. The summed E-state index contributed by atoms with van der Waals surface area (Å²) in [5.74, 6) is 0. The Bertz CT molecular complexity index is 254. The van der Waals surface area contributed by atoms with Gasteiger partial charge in [-0.25, -0.2) is 4.99 Å². The van der Waals surface area contributed by atoms with Crippen LogP contribution in [-0.2, 0) is 0 Å². The zero-order valence-electron chi connectivity index (χ0n) is 8.69. The average molecular weight is 201 g/mol. The first kappa shape index (κ1) is 10.6. The first-order valence-electron chi connectivity index (χ1n) is 4.64. The largest absolute Gasteiger partial charge is 0.368 e. The molecule has 1 aliphatic heterocycles. The van der Waals surface area contributed by atoms with Crippen LogP contribution in [0.5, 0.6) is 0 Å². The van der Waals surface area contributed by atoms with E-state index in [9.17, 15) is 0 Å². The number of halogens is 1. The van der Waals surface area contributed by atoms with Crippen molar-refractivity contribution in [2.45, 2.75) is 40.2 Å². The number of nitrogens with zero attached hydrogens (tertiary/aromatic N) is 1. The molecule has 0 saturated heterocycles. The number of aliphatic imine (C=N–C) groups is 1. The molecule has 0 aliphatic carbocycles. The fourth-order valence-corrected chi connectivity index (χ4v) is 1.73. The molecular formula is C10H17ClN2. The Morgan fingerprint density at radius 3 is 2.77 bits per heavy atom. The van der Waals surface area contributed by atoms with Crippen molar-refractivity contribution in [2.75, 3.05) is 0 Å². The third kappa shape index (κ3) is 2.05. The number of hydrogen-bond acceptors (Lipinski definition) is 2. The summed E-state index contributed by atoms with van der Waals surface area (Å²) in [5, 5.41) is 4.05. The Morgan fingerprint density at radius 1 is 1.62 bits per heavy atom. The Hall–Kier alpha value is -0.500. The maximum Gasteiger partial charge on any atom is 0.0888 e. The SMILES string of the molecule is CCC(C)(C)C1NC=NC(C)=C1Cl. The van der Waals surface area contributed by atoms with Gasteiger partial charge < -0.3 is 5.32 Å². The minimum Gasteiger partial charge on any atom is -0.368 e. The van der Waals surface area contributed by atoms with E-state index in [0.29, 0.717) is 0 Å². The first-order chi connectivity index (χ1) is 5.99. The summed E-state index contributed by atoms with van der Waals surface area (Å²) in [4.78, 5) is 4.12. The van der Waals surface area contributed by atoms with Crippen molar-refractivity contribution in [3.63, 3.8) is 0 Å². The summed E-state index contributed by atoms with van der Waals surface area (Å²) < 4.78 is 0. The Kier molecular flexibility index (Phi) is 3.01. The maximum absolute atomic E-state index is 6.20. The summed E-state index contributed by atoms with van der Waals surface area (Å²) in [6.07, 6.45) is 2.82. The summed E-state index contributed by atoms with van der Waals surface area (Å²) in [5.41, 5.74) is 1.09. The lowest BCUT2D eigenvalue weighted by molar-refractivity contribution is 0.288. The van der Waals surface area contributed by atoms with E-state index >= 15 is 0 Å². The molecule has 1 heterocycles. The van der Waals surface area contributed by atoms with Gasteiger partial charge in [0.15, 0.2) is 0 Å². The summed E-state index contributed by atoms with van der Waals surface area (Å²) in [6, 6.07) is 0.205. The summed E-state index contributed by atoms with van der Waals surface area (Å²) in [7, 11) is 0. The average Bonchev–Trinajstić information content (AvgIpc) is 2.09. The van der Waals surface area contributed by atoms with Gasteiger partial charge in [0.1, 0.15) is 0 Å². The molecule has 13 heavy (non-hydrogen) atoms. The lowest BCUT2D eigenvalue weighted by Crippen LogP contribution is -2.43. The number of rotatable bonds is 2. The Morgan fingerprint density at radius 2 is 2.23 bits per heavy atom. The summed E-state index contributed by atoms with van der Waals surface area (Å²) in [6.45, 7) is 8.53. The molecule has 1 atom stereocenters. The molecule has 0 radical (unpaired) electrons. The highest BCUT2D eigenvalue weighted by atomic mass is 35.5. The number of nitrogens with one attached hydrogen (secondary N) is 1. The smallest absolute Gasteiger partial charge is 0.0888 e. The van der Waals surface area contributed by atoms with Gasteiger partial charge in [0, 0.05) is 0 Å². The highest BCUT2D eigenvalue weighted by Gasteiger charge is 2.31. The van der Waals surface area contributed by atoms with Crippen LogP contribution in [0.15, 0.2) is 15.7 Å². The normalized spacial score (nSPS) is 23.3. The molecule has 0 fully saturated rings. The lowest BCUT2D eigenvalue weighted by atomic mass is 9.81. The molecule has 0 amide bonds. The molecule has 0 spiro atoms. The zero-order valence-corrected chi connectivity index (χ0v) is 9.44. The van der Waals surface area contributed by atoms with Gasteiger partial charge in [0.25, 0.3) is 0 Å². The van der Waals surface area contributed by atoms with Gasteiger partial charge in [-0.2, -0.15) is 0 Å². The van der Waals surface area contributed by atoms with Gasteiger partial charge >= 0.3 is 0 Å². The van der Waals surface area contributed by atoms with E-state index in [1.807, 2.05) is 6.92 Å². The molecule has 0 aromatic rings. The molecule has 1 unspecified atom stereocenters. The first-order valence-corrected chi connectivity index (χ1v) is 5.01. The van der Waals surface area contributed by atoms with Crippen LogP contribution >= 0.6 is 11.6 Å². The molecule has 1 rings (SSSR count). The minimum absolute atomic E-state index is 0.171. The molecule has 1 N–H and O–H groups in total. The van der Waals surface area contributed by atoms with E-state index in [4.69, 9.17) is 11.6 Å². The van der Waals surface area contributed by atoms with Crippen molar-refractivity contribution in [3.8, 4) is 0 Å². The highest BCUT2D eigenvalue weighted by Crippen LogP contribution is 2.33. The van der Waals surface area contributed by atoms with Crippen LogP contribution in [0.2, 0.25) is 0 Å². The van der Waals surface area contributed by atoms with E-state index in [-0.39, 0.29) is 11.5 Å². The van der Waals surface area contributed by atoms with Gasteiger partial charge in [-0.05, 0) is 18.8 Å². The van der Waals surface area contributed by atoms with Crippen LogP contribution in [0.1, 0.15) is 34.1 Å². The molecule has 3 heteroatoms. The highest BCUT2D eigenvalue weighted by molar-refractivity contribution is 6.31. The van der Waals surface area contributed by atoms with E-state index in [0.717, 1.165) is 17.2 Å². The molecule has 0 saturated carbocycles. The maximum atomic E-state index is 6.20. The second-order valence-electron chi connectivity index (χ2n) is 4.13. The van der Waals surface area contributed by atoms with E-state index < -0.39 is 0 Å². The van der Waals surface area contributed by atoms with Crippen molar-refractivity contribution in [1.29, 1.82) is 0 Å². The van der Waals surface area contributed by atoms with Crippen molar-refractivity contribution < 1.29 is 0 Å². The second-order valence-corrected chi connectivity index (χ2v) is 4.54. The van der Waals surface area contributed by atoms with Crippen molar-refractivity contribution in [3.05, 3.63) is 10.7 Å². The molecule has 1 aliphatic rings. The van der Waals surface area contributed by atoms with E-state index in [2.05, 4.69) is 31.1 Å². The standard InChI is InChI=1S/C10H17ClN2/c1-5-10(3,4)9-8(11)7(2)12-6-13-9/h6,9H,5H2,1-4H3,(H,12,13). The predicted molar refractivity (Wildman–Crippen MR) is 58.0 cm³/mol. The van der Waals surface area contributed by atoms with Crippen LogP contribution in [0.25, 0.3) is 0 Å². The molecule has 74 valence electrons. The van der Waals surface area contributed by atoms with E-state index in [1.54, 1.807) is 6.34 Å². The third-order valence-electron chi connectivity index (χ3n) is 2.79. The van der Waals surface area contributed by atoms with Gasteiger partial charge in [0.2, 0.25) is 0 Å². The fraction of sp³-hybridized carbons (Fsp3) is 0.700. The Labute approximate surface area is 85.1 Å². The van der Waals surface area contributed by atoms with Crippen LogP contribution in [0, 0.1) is 5.41 Å². The minimum atomic E-state index is 0.171. The zero-order chi connectivity index (χ0) is 10.1. The van der Waals surface area contributed by atoms with Crippen molar-refractivity contribution in [1.82, 2.24) is 5.32 Å². The quantitative estimate of drug-likeness (QED) is 0.729. The summed E-state index contributed by atoms with van der Waals surface area (Å²) >= 11 is 6.20. The van der Waals surface area contributed by atoms with Gasteiger partial charge in [-0.1, -0.05) is 32.4 Å². The van der Waals surface area contributed by atoms with Crippen molar-refractivity contribution in [2.24, 2.45) is 10.4 Å². The van der Waals surface area contributed by atoms with Crippen LogP contribution < -0.4 is 5.32 Å². The second kappa shape index (κ2) is 3.70. The number of hydrogen-bond donors (Lipinski definition) is 1. The van der Waals surface area contributed by atoms with Crippen molar-refractivity contribution >= 4 is 17.9 Å². The van der Waals surface area contributed by atoms with Crippen LogP contribution in [0.3, 0.4) is 0 Å². The predicted octanol–water partition coefficient (Wildman–Crippen LogP) is 2.89. The van der Waals surface area contributed by atoms with Gasteiger partial charge in [-0.3, -0.25) is 0 Å². The van der Waals surface area contributed by atoms with Crippen LogP contribution in [-0.4, -0.2) is 12.4 Å². The lowest BCUT2D eigenvalue weighted by Gasteiger charge is -2.35. The molecule has 0 aromatic carbocycles. The van der Waals surface area contributed by atoms with Gasteiger partial charge in [0.05, 0.1) is 23.1 Å². The van der Waals surface area contributed by atoms with Gasteiger partial charge in [-0.15, -0.1) is 0 Å². The molecule has 2 nitrogen and oxygen atoms in total. The number of allylic oxidation sites excluding steroid dienone is 1.